The van der Waals surface area contributed by atoms with E-state index in [1.54, 1.807) is 17.9 Å². The Morgan fingerprint density at radius 1 is 1.26 bits per heavy atom. The molecule has 9 nitrogen and oxygen atoms in total. The second-order valence-corrected chi connectivity index (χ2v) is 8.08. The number of ether oxygens (including phenoxy) is 2. The number of alkyl halides is 3. The zero-order valence-corrected chi connectivity index (χ0v) is 16.6. The maximum absolute atomic E-state index is 12.7. The highest BCUT2D eigenvalue weighted by Gasteiger charge is 2.49. The molecule has 1 aromatic rings. The van der Waals surface area contributed by atoms with E-state index in [4.69, 9.17) is 9.47 Å². The Kier molecular flexibility index (Phi) is 4.66. The average molecular weight is 442 g/mol. The van der Waals surface area contributed by atoms with Crippen molar-refractivity contribution >= 4 is 17.6 Å². The highest BCUT2D eigenvalue weighted by Crippen LogP contribution is 2.50. The third kappa shape index (κ3) is 3.63. The van der Waals surface area contributed by atoms with Gasteiger partial charge in [-0.2, -0.15) is 13.2 Å². The quantitative estimate of drug-likeness (QED) is 0.719. The summed E-state index contributed by atoms with van der Waals surface area (Å²) in [5.41, 5.74) is 3.72. The second-order valence-electron chi connectivity index (χ2n) is 8.08. The van der Waals surface area contributed by atoms with Crippen LogP contribution < -0.4 is 25.1 Å². The summed E-state index contributed by atoms with van der Waals surface area (Å²) in [5, 5.41) is 3.65. The van der Waals surface area contributed by atoms with E-state index < -0.39 is 30.3 Å². The van der Waals surface area contributed by atoms with E-state index in [9.17, 15) is 22.8 Å². The minimum Gasteiger partial charge on any atom is -0.488 e. The zero-order chi connectivity index (χ0) is 21.9. The van der Waals surface area contributed by atoms with Crippen molar-refractivity contribution in [3.8, 4) is 11.5 Å². The molecule has 4 aliphatic rings. The van der Waals surface area contributed by atoms with Crippen LogP contribution in [0.4, 0.5) is 18.9 Å². The van der Waals surface area contributed by atoms with Crippen molar-refractivity contribution in [2.24, 2.45) is 0 Å². The maximum atomic E-state index is 12.7. The summed E-state index contributed by atoms with van der Waals surface area (Å²) >= 11 is 0. The molecule has 2 saturated heterocycles. The molecule has 1 amide bonds. The van der Waals surface area contributed by atoms with E-state index in [0.29, 0.717) is 28.3 Å². The summed E-state index contributed by atoms with van der Waals surface area (Å²) in [6.07, 6.45) is -4.06. The molecule has 1 aliphatic carbocycles. The Bertz CT molecular complexity index is 919. The van der Waals surface area contributed by atoms with Gasteiger partial charge < -0.3 is 24.5 Å². The molecule has 0 spiro atoms. The van der Waals surface area contributed by atoms with Crippen LogP contribution in [0.1, 0.15) is 31.2 Å². The number of nitrogens with one attached hydrogen (secondary N) is 2. The summed E-state index contributed by atoms with van der Waals surface area (Å²) in [4.78, 5) is 29.8. The van der Waals surface area contributed by atoms with E-state index in [-0.39, 0.29) is 12.7 Å². The number of carbonyl (C=O) groups is 2. The molecule has 2 unspecified atom stereocenters. The van der Waals surface area contributed by atoms with Gasteiger partial charge in [-0.05, 0) is 36.9 Å². The fourth-order valence-corrected chi connectivity index (χ4v) is 3.90. The van der Waals surface area contributed by atoms with Crippen LogP contribution in [-0.4, -0.2) is 61.2 Å². The molecule has 0 radical (unpaired) electrons. The van der Waals surface area contributed by atoms with E-state index >= 15 is 0 Å². The number of carbonyl (C=O) groups excluding carboxylic acids is 2. The Labute approximate surface area is 175 Å². The molecule has 2 atom stereocenters. The molecule has 5 rings (SSSR count). The van der Waals surface area contributed by atoms with E-state index in [0.717, 1.165) is 31.5 Å². The number of amides is 1. The Hall–Kier alpha value is -2.73. The smallest absolute Gasteiger partial charge is 0.488 e. The lowest BCUT2D eigenvalue weighted by atomic mass is 10.0. The topological polar surface area (TPSA) is 92.4 Å². The predicted octanol–water partition coefficient (Wildman–Crippen LogP) is 1.20. The van der Waals surface area contributed by atoms with Crippen molar-refractivity contribution in [3.05, 3.63) is 17.7 Å². The van der Waals surface area contributed by atoms with Gasteiger partial charge in [-0.15, -0.1) is 0 Å². The Morgan fingerprint density at radius 3 is 2.61 bits per heavy atom. The number of hydrogen-bond donors (Lipinski definition) is 2. The lowest BCUT2D eigenvalue weighted by Crippen LogP contribution is -2.70. The summed E-state index contributed by atoms with van der Waals surface area (Å²) in [7, 11) is 0. The van der Waals surface area contributed by atoms with Crippen LogP contribution >= 0.6 is 0 Å². The van der Waals surface area contributed by atoms with E-state index in [2.05, 4.69) is 15.6 Å². The zero-order valence-electron chi connectivity index (χ0n) is 16.6. The lowest BCUT2D eigenvalue weighted by Gasteiger charge is -2.48. The molecule has 3 aliphatic heterocycles. The third-order valence-electron chi connectivity index (χ3n) is 5.83. The number of anilines is 1. The molecule has 12 heteroatoms. The first-order valence-electron chi connectivity index (χ1n) is 10.1. The van der Waals surface area contributed by atoms with Gasteiger partial charge in [0, 0.05) is 24.7 Å². The normalized spacial score (nSPS) is 26.2. The van der Waals surface area contributed by atoms with E-state index in [1.165, 1.54) is 0 Å². The predicted molar refractivity (Wildman–Crippen MR) is 99.1 cm³/mol. The van der Waals surface area contributed by atoms with Gasteiger partial charge in [0.15, 0.2) is 6.17 Å². The minimum absolute atomic E-state index is 0.0298. The number of hydroxylamine groups is 1. The molecule has 3 fully saturated rings. The highest BCUT2D eigenvalue weighted by molar-refractivity contribution is 5.87. The van der Waals surface area contributed by atoms with Crippen molar-refractivity contribution in [1.29, 1.82) is 0 Å². The van der Waals surface area contributed by atoms with Gasteiger partial charge in [-0.25, -0.2) is 4.79 Å². The number of benzene rings is 1. The number of hydrogen-bond acceptors (Lipinski definition) is 8. The van der Waals surface area contributed by atoms with Gasteiger partial charge in [0.25, 0.3) is 5.91 Å². The lowest BCUT2D eigenvalue weighted by molar-refractivity contribution is -0.265. The SMILES string of the molecule is CC1C(=O)NN(OC(=O)C(F)(F)F)C2COc3cc(C4CC4)c(OC4CNC4)cc3N12. The molecule has 0 aromatic heterocycles. The van der Waals surface area contributed by atoms with Gasteiger partial charge in [0.1, 0.15) is 30.3 Å². The fourth-order valence-electron chi connectivity index (χ4n) is 3.90. The molecular weight excluding hydrogens is 421 g/mol. The first kappa shape index (κ1) is 20.2. The van der Waals surface area contributed by atoms with Gasteiger partial charge in [0.2, 0.25) is 0 Å². The van der Waals surface area contributed by atoms with E-state index in [1.807, 2.05) is 6.07 Å². The van der Waals surface area contributed by atoms with Crippen LogP contribution in [0, 0.1) is 0 Å². The van der Waals surface area contributed by atoms with Crippen molar-refractivity contribution in [2.45, 2.75) is 50.2 Å². The average Bonchev–Trinajstić information content (AvgIpc) is 3.51. The summed E-state index contributed by atoms with van der Waals surface area (Å²) < 4.78 is 50.1. The van der Waals surface area contributed by atoms with Crippen LogP contribution in [0.2, 0.25) is 0 Å². The molecule has 2 N–H and O–H groups in total. The maximum Gasteiger partial charge on any atom is 0.492 e. The first-order chi connectivity index (χ1) is 14.7. The van der Waals surface area contributed by atoms with Crippen molar-refractivity contribution < 1.29 is 37.1 Å². The number of hydrazine groups is 1. The third-order valence-corrected chi connectivity index (χ3v) is 5.83. The highest BCUT2D eigenvalue weighted by atomic mass is 19.4. The van der Waals surface area contributed by atoms with Crippen LogP contribution in [0.5, 0.6) is 11.5 Å². The van der Waals surface area contributed by atoms with Gasteiger partial charge in [-0.1, -0.05) is 0 Å². The Morgan fingerprint density at radius 2 is 2.00 bits per heavy atom. The first-order valence-corrected chi connectivity index (χ1v) is 10.1. The van der Waals surface area contributed by atoms with Crippen molar-refractivity contribution in [3.63, 3.8) is 0 Å². The second kappa shape index (κ2) is 7.16. The molecule has 0 bridgehead atoms. The number of fused-ring (bicyclic) bond motifs is 3. The molecule has 168 valence electrons. The fraction of sp³-hybridized carbons (Fsp3) is 0.579. The number of nitrogens with zero attached hydrogens (tertiary/aromatic N) is 2. The summed E-state index contributed by atoms with van der Waals surface area (Å²) in [6, 6.07) is 2.92. The standard InChI is InChI=1S/C19H21F3N4O5/c1-9-17(27)24-26(31-18(28)19(20,21)22)16-8-29-15-4-12(10-2-3-10)14(5-13(15)25(9)16)30-11-6-23-7-11/h4-5,9-11,16,23H,2-3,6-8H2,1H3,(H,24,27). The molecule has 1 aromatic carbocycles. The van der Waals surface area contributed by atoms with Crippen LogP contribution in [0.3, 0.4) is 0 Å². The summed E-state index contributed by atoms with van der Waals surface area (Å²) in [6.45, 7) is 2.96. The number of rotatable bonds is 4. The molecular formula is C19H21F3N4O5. The summed E-state index contributed by atoms with van der Waals surface area (Å²) in [5.74, 6) is -1.48. The van der Waals surface area contributed by atoms with Crippen LogP contribution in [0.15, 0.2) is 12.1 Å². The van der Waals surface area contributed by atoms with Crippen molar-refractivity contribution in [1.82, 2.24) is 15.9 Å². The van der Waals surface area contributed by atoms with Crippen molar-refractivity contribution in [2.75, 3.05) is 24.6 Å². The molecule has 31 heavy (non-hydrogen) atoms. The minimum atomic E-state index is -5.21. The molecule has 3 heterocycles. The molecule has 1 saturated carbocycles. The largest absolute Gasteiger partial charge is 0.492 e. The van der Waals surface area contributed by atoms with Gasteiger partial charge in [-0.3, -0.25) is 10.2 Å². The Balaban J connectivity index is 1.48. The van der Waals surface area contributed by atoms with Crippen LogP contribution in [0.25, 0.3) is 0 Å². The van der Waals surface area contributed by atoms with Gasteiger partial charge >= 0.3 is 12.1 Å². The van der Waals surface area contributed by atoms with Crippen LogP contribution in [-0.2, 0) is 14.4 Å². The monoisotopic (exact) mass is 442 g/mol. The van der Waals surface area contributed by atoms with Gasteiger partial charge in [0.05, 0.1) is 5.69 Å². The number of halogens is 3.